The van der Waals surface area contributed by atoms with Crippen LogP contribution in [0.25, 0.3) is 22.2 Å². The van der Waals surface area contributed by atoms with Crippen molar-refractivity contribution in [2.75, 3.05) is 38.0 Å². The Kier molecular flexibility index (Phi) is 7.21. The van der Waals surface area contributed by atoms with Crippen LogP contribution in [0.1, 0.15) is 38.2 Å². The van der Waals surface area contributed by atoms with Crippen LogP contribution >= 0.6 is 0 Å². The summed E-state index contributed by atoms with van der Waals surface area (Å²) in [4.78, 5) is 22.9. The van der Waals surface area contributed by atoms with Gasteiger partial charge >= 0.3 is 0 Å². The van der Waals surface area contributed by atoms with Crippen LogP contribution in [-0.4, -0.2) is 74.9 Å². The van der Waals surface area contributed by atoms with Crippen molar-refractivity contribution in [2.24, 2.45) is 0 Å². The molecule has 4 heterocycles. The first-order valence-electron chi connectivity index (χ1n) is 13.0. The quantitative estimate of drug-likeness (QED) is 0.391. The monoisotopic (exact) mass is 500 g/mol. The Hall–Kier alpha value is -3.37. The molecule has 192 valence electrons. The number of pyridine rings is 1. The van der Waals surface area contributed by atoms with E-state index in [1.165, 1.54) is 0 Å². The Bertz CT molecular complexity index is 1390. The van der Waals surface area contributed by atoms with Gasteiger partial charge in [-0.15, -0.1) is 0 Å². The summed E-state index contributed by atoms with van der Waals surface area (Å²) in [6, 6.07) is 5.66. The maximum absolute atomic E-state index is 15.1. The topological polar surface area (TPSA) is 75.0 Å². The zero-order valence-corrected chi connectivity index (χ0v) is 22.3. The fourth-order valence-electron chi connectivity index (χ4n) is 5.12. The molecule has 8 nitrogen and oxygen atoms in total. The van der Waals surface area contributed by atoms with Crippen molar-refractivity contribution in [3.05, 3.63) is 54.0 Å². The lowest BCUT2D eigenvalue weighted by molar-refractivity contribution is 0.132. The van der Waals surface area contributed by atoms with Crippen molar-refractivity contribution >= 4 is 36.1 Å². The highest BCUT2D eigenvalue weighted by atomic mass is 19.1. The van der Waals surface area contributed by atoms with Crippen molar-refractivity contribution in [2.45, 2.75) is 40.3 Å². The minimum Gasteiger partial charge on any atom is -0.326 e. The Labute approximate surface area is 218 Å². The van der Waals surface area contributed by atoms with E-state index in [0.29, 0.717) is 17.3 Å². The minimum absolute atomic E-state index is 0.177. The number of nitrogens with one attached hydrogen (secondary N) is 1. The number of nitrogens with zero attached hydrogens (tertiary/aromatic N) is 7. The van der Waals surface area contributed by atoms with Crippen LogP contribution in [0.4, 0.5) is 16.2 Å². The molecule has 1 aliphatic heterocycles. The third-order valence-corrected chi connectivity index (χ3v) is 7.12. The molecule has 3 aromatic heterocycles. The van der Waals surface area contributed by atoms with Gasteiger partial charge in [-0.2, -0.15) is 0 Å². The molecule has 37 heavy (non-hydrogen) atoms. The number of benzene rings is 1. The van der Waals surface area contributed by atoms with Gasteiger partial charge in [0.15, 0.2) is 5.82 Å². The van der Waals surface area contributed by atoms with Crippen LogP contribution in [0.15, 0.2) is 36.8 Å². The van der Waals surface area contributed by atoms with E-state index in [9.17, 15) is 0 Å². The lowest BCUT2D eigenvalue weighted by Gasteiger charge is -2.33. The van der Waals surface area contributed by atoms with Crippen LogP contribution in [0, 0.1) is 12.7 Å². The van der Waals surface area contributed by atoms with Crippen LogP contribution in [0.2, 0.25) is 0 Å². The van der Waals surface area contributed by atoms with Gasteiger partial charge in [0.2, 0.25) is 5.95 Å². The van der Waals surface area contributed by atoms with E-state index in [4.69, 9.17) is 0 Å². The summed E-state index contributed by atoms with van der Waals surface area (Å²) in [5.41, 5.74) is 4.93. The molecule has 1 saturated heterocycles. The fourth-order valence-corrected chi connectivity index (χ4v) is 5.12. The average molecular weight is 500 g/mol. The zero-order valence-electron chi connectivity index (χ0n) is 22.3. The Morgan fingerprint density at radius 3 is 2.38 bits per heavy atom. The summed E-state index contributed by atoms with van der Waals surface area (Å²) in [7, 11) is 1.98. The lowest BCUT2D eigenvalue weighted by Crippen LogP contribution is -2.45. The Morgan fingerprint density at radius 2 is 1.70 bits per heavy atom. The van der Waals surface area contributed by atoms with Gasteiger partial charge in [0.1, 0.15) is 25.0 Å². The van der Waals surface area contributed by atoms with E-state index in [-0.39, 0.29) is 11.9 Å². The summed E-state index contributed by atoms with van der Waals surface area (Å²) in [6.07, 6.45) is 5.53. The highest BCUT2D eigenvalue weighted by Gasteiger charge is 2.18. The third-order valence-electron chi connectivity index (χ3n) is 7.12. The molecule has 4 aromatic rings. The highest BCUT2D eigenvalue weighted by Crippen LogP contribution is 2.29. The van der Waals surface area contributed by atoms with E-state index >= 15 is 4.39 Å². The van der Waals surface area contributed by atoms with Crippen molar-refractivity contribution in [1.82, 2.24) is 34.3 Å². The summed E-state index contributed by atoms with van der Waals surface area (Å²) < 4.78 is 17.1. The molecule has 1 N–H and O–H groups in total. The van der Waals surface area contributed by atoms with E-state index in [2.05, 4.69) is 60.4 Å². The smallest absolute Gasteiger partial charge is 0.228 e. The number of halogens is 1. The van der Waals surface area contributed by atoms with E-state index in [1.54, 1.807) is 12.3 Å². The van der Waals surface area contributed by atoms with Gasteiger partial charge in [-0.05, 0) is 56.6 Å². The normalized spacial score (nSPS) is 15.1. The summed E-state index contributed by atoms with van der Waals surface area (Å²) in [5.74, 6) is 1.57. The predicted octanol–water partition coefficient (Wildman–Crippen LogP) is 3.06. The number of rotatable bonds is 7. The molecule has 1 aliphatic rings. The molecule has 0 amide bonds. The van der Waals surface area contributed by atoms with Gasteiger partial charge in [0.25, 0.3) is 0 Å². The van der Waals surface area contributed by atoms with Gasteiger partial charge in [-0.1, -0.05) is 12.4 Å². The molecule has 0 spiro atoms. The number of aromatic nitrogens is 5. The number of hydrogen-bond acceptors (Lipinski definition) is 7. The van der Waals surface area contributed by atoms with Crippen molar-refractivity contribution in [1.29, 1.82) is 0 Å². The third kappa shape index (κ3) is 5.35. The largest absolute Gasteiger partial charge is 0.326 e. The summed E-state index contributed by atoms with van der Waals surface area (Å²) in [5, 5.41) is 3.21. The number of likely N-dealkylation sites (N-methyl/N-ethyl adjacent to an activating group) is 1. The molecule has 0 atom stereocenters. The number of aryl methyl sites for hydroxylation is 1. The van der Waals surface area contributed by atoms with Gasteiger partial charge in [-0.25, -0.2) is 24.3 Å². The zero-order chi connectivity index (χ0) is 26.1. The second-order valence-electron chi connectivity index (χ2n) is 10.1. The highest BCUT2D eigenvalue weighted by molar-refractivity contribution is 6.35. The molecule has 0 bridgehead atoms. The lowest BCUT2D eigenvalue weighted by atomic mass is 9.88. The first kappa shape index (κ1) is 25.3. The van der Waals surface area contributed by atoms with E-state index in [1.807, 2.05) is 39.3 Å². The Morgan fingerprint density at radius 1 is 1.00 bits per heavy atom. The fraction of sp³-hybridized carbons (Fsp3) is 0.407. The molecule has 1 fully saturated rings. The molecule has 10 heteroatoms. The SMILES string of the molecule is Bc1cnc(Nc2ncc(CN3CCN(CC)CC3)cn2)cc1-c1cc(F)c2nc(C)n(C(C)C)c2c1. The Balaban J connectivity index is 1.35. The average Bonchev–Trinajstić information content (AvgIpc) is 3.23. The van der Waals surface area contributed by atoms with E-state index < -0.39 is 0 Å². The number of fused-ring (bicyclic) bond motifs is 1. The van der Waals surface area contributed by atoms with Crippen LogP contribution in [-0.2, 0) is 6.54 Å². The van der Waals surface area contributed by atoms with Gasteiger partial charge in [0.05, 0.1) is 5.52 Å². The van der Waals surface area contributed by atoms with Crippen molar-refractivity contribution < 1.29 is 4.39 Å². The van der Waals surface area contributed by atoms with Crippen LogP contribution in [0.3, 0.4) is 0 Å². The number of anilines is 2. The molecule has 0 saturated carbocycles. The summed E-state index contributed by atoms with van der Waals surface area (Å²) in [6.45, 7) is 14.6. The van der Waals surface area contributed by atoms with Crippen LogP contribution in [0.5, 0.6) is 0 Å². The summed E-state index contributed by atoms with van der Waals surface area (Å²) >= 11 is 0. The maximum atomic E-state index is 15.1. The van der Waals surface area contributed by atoms with Crippen LogP contribution < -0.4 is 10.8 Å². The number of piperazine rings is 1. The predicted molar refractivity (Wildman–Crippen MR) is 149 cm³/mol. The minimum atomic E-state index is -0.323. The van der Waals surface area contributed by atoms with Crippen molar-refractivity contribution in [3.63, 3.8) is 0 Å². The molecular formula is C27H34BFN8. The number of imidazole rings is 1. The number of hydrogen-bond donors (Lipinski definition) is 1. The molecule has 5 rings (SSSR count). The second-order valence-corrected chi connectivity index (χ2v) is 10.1. The first-order valence-corrected chi connectivity index (χ1v) is 13.0. The first-order chi connectivity index (χ1) is 17.8. The van der Waals surface area contributed by atoms with Gasteiger partial charge < -0.3 is 14.8 Å². The van der Waals surface area contributed by atoms with E-state index in [0.717, 1.165) is 72.8 Å². The molecule has 0 unspecified atom stereocenters. The molecule has 0 aliphatic carbocycles. The van der Waals surface area contributed by atoms with Crippen molar-refractivity contribution in [3.8, 4) is 11.1 Å². The van der Waals surface area contributed by atoms with Gasteiger partial charge in [0, 0.05) is 62.9 Å². The molecular weight excluding hydrogens is 466 g/mol. The van der Waals surface area contributed by atoms with Gasteiger partial charge in [-0.3, -0.25) is 4.90 Å². The maximum Gasteiger partial charge on any atom is 0.228 e. The molecule has 1 aromatic carbocycles. The second kappa shape index (κ2) is 10.6. The standard InChI is InChI=1S/C27H34BFN8/c1-5-35-6-8-36(9-7-35)16-19-13-31-27(32-14-19)34-25-12-21(22(28)15-30-25)20-10-23(29)26-24(11-20)37(17(2)3)18(4)33-26/h10-15,17H,5-9,16,28H2,1-4H3,(H,30,31,32,34). The molecule has 0 radical (unpaired) electrons.